The number of hydrogen-bond donors (Lipinski definition) is 0. The molecule has 24 heavy (non-hydrogen) atoms. The molecule has 1 saturated heterocycles. The molecule has 0 spiro atoms. The molecule has 124 valence electrons. The summed E-state index contributed by atoms with van der Waals surface area (Å²) in [6, 6.07) is 11.7. The zero-order valence-corrected chi connectivity index (χ0v) is 13.9. The predicted molar refractivity (Wildman–Crippen MR) is 89.4 cm³/mol. The average molecular weight is 345 g/mol. The number of benzene rings is 1. The summed E-state index contributed by atoms with van der Waals surface area (Å²) in [5.74, 6) is -0.494. The van der Waals surface area contributed by atoms with Crippen LogP contribution in [0.3, 0.4) is 0 Å². The van der Waals surface area contributed by atoms with Gasteiger partial charge in [-0.1, -0.05) is 29.8 Å². The highest BCUT2D eigenvalue weighted by atomic mass is 35.5. The van der Waals surface area contributed by atoms with E-state index in [9.17, 15) is 9.59 Å². The van der Waals surface area contributed by atoms with E-state index in [1.54, 1.807) is 23.2 Å². The quantitative estimate of drug-likeness (QED) is 0.800. The third kappa shape index (κ3) is 3.12. The minimum absolute atomic E-state index is 0.0870. The standard InChI is InChI=1S/C18H17ClN2O3/c1-24-18(23)15-9-10-16(22)21(15)17(14-4-2-3-11-20-14)12-5-7-13(19)8-6-12/h2-8,11,15,17H,9-10H2,1H3. The lowest BCUT2D eigenvalue weighted by Gasteiger charge is -2.32. The van der Waals surface area contributed by atoms with E-state index in [-0.39, 0.29) is 5.91 Å². The molecule has 0 aliphatic carbocycles. The first-order chi connectivity index (χ1) is 11.6. The molecule has 1 fully saturated rings. The number of likely N-dealkylation sites (tertiary alicyclic amines) is 1. The number of methoxy groups -OCH3 is 1. The van der Waals surface area contributed by atoms with Gasteiger partial charge in [-0.3, -0.25) is 9.78 Å². The number of aromatic nitrogens is 1. The van der Waals surface area contributed by atoms with Gasteiger partial charge in [0.25, 0.3) is 0 Å². The first-order valence-electron chi connectivity index (χ1n) is 7.67. The molecule has 2 aromatic rings. The van der Waals surface area contributed by atoms with Gasteiger partial charge in [0.15, 0.2) is 0 Å². The van der Waals surface area contributed by atoms with Crippen LogP contribution in [-0.4, -0.2) is 34.9 Å². The monoisotopic (exact) mass is 344 g/mol. The Labute approximate surface area is 145 Å². The molecule has 2 atom stereocenters. The first kappa shape index (κ1) is 16.5. The van der Waals surface area contributed by atoms with Crippen molar-refractivity contribution in [2.24, 2.45) is 0 Å². The fourth-order valence-electron chi connectivity index (χ4n) is 3.05. The lowest BCUT2D eigenvalue weighted by atomic mass is 10.00. The Morgan fingerprint density at radius 2 is 2.04 bits per heavy atom. The molecule has 0 saturated carbocycles. The number of halogens is 1. The van der Waals surface area contributed by atoms with Gasteiger partial charge in [0, 0.05) is 17.6 Å². The van der Waals surface area contributed by atoms with Crippen LogP contribution >= 0.6 is 11.6 Å². The highest BCUT2D eigenvalue weighted by Crippen LogP contribution is 2.35. The first-order valence-corrected chi connectivity index (χ1v) is 8.05. The Kier molecular flexibility index (Phi) is 4.81. The van der Waals surface area contributed by atoms with Crippen LogP contribution in [0, 0.1) is 0 Å². The lowest BCUT2D eigenvalue weighted by Crippen LogP contribution is -2.42. The number of rotatable bonds is 4. The normalized spacial score (nSPS) is 18.5. The Hall–Kier alpha value is -2.40. The molecule has 5 nitrogen and oxygen atoms in total. The molecule has 1 amide bonds. The van der Waals surface area contributed by atoms with Crippen molar-refractivity contribution < 1.29 is 14.3 Å². The minimum atomic E-state index is -0.606. The number of carbonyl (C=O) groups is 2. The Balaban J connectivity index is 2.08. The summed E-state index contributed by atoms with van der Waals surface area (Å²) in [6.45, 7) is 0. The molecule has 3 rings (SSSR count). The van der Waals surface area contributed by atoms with E-state index in [1.807, 2.05) is 30.3 Å². The van der Waals surface area contributed by atoms with Crippen molar-refractivity contribution in [3.63, 3.8) is 0 Å². The fraction of sp³-hybridized carbons (Fsp3) is 0.278. The van der Waals surface area contributed by atoms with E-state index in [2.05, 4.69) is 4.98 Å². The largest absolute Gasteiger partial charge is 0.467 e. The van der Waals surface area contributed by atoms with Gasteiger partial charge in [-0.05, 0) is 36.2 Å². The van der Waals surface area contributed by atoms with Crippen LogP contribution in [0.15, 0.2) is 48.7 Å². The summed E-state index contributed by atoms with van der Waals surface area (Å²) >= 11 is 5.98. The number of carbonyl (C=O) groups excluding carboxylic acids is 2. The van der Waals surface area contributed by atoms with Crippen LogP contribution in [0.25, 0.3) is 0 Å². The Bertz CT molecular complexity index is 734. The second-order valence-electron chi connectivity index (χ2n) is 5.59. The molecule has 2 unspecified atom stereocenters. The molecule has 0 bridgehead atoms. The summed E-state index contributed by atoms with van der Waals surface area (Å²) in [7, 11) is 1.33. The van der Waals surface area contributed by atoms with Crippen LogP contribution in [-0.2, 0) is 14.3 Å². The summed E-state index contributed by atoms with van der Waals surface area (Å²) in [6.07, 6.45) is 2.44. The summed E-state index contributed by atoms with van der Waals surface area (Å²) in [5, 5.41) is 0.607. The van der Waals surface area contributed by atoms with Crippen molar-refractivity contribution in [3.05, 3.63) is 64.9 Å². The van der Waals surface area contributed by atoms with Crippen LogP contribution in [0.4, 0.5) is 0 Å². The second kappa shape index (κ2) is 7.01. The third-order valence-corrected chi connectivity index (χ3v) is 4.41. The predicted octanol–water partition coefficient (Wildman–Crippen LogP) is 2.99. The molecule has 1 aromatic heterocycles. The smallest absolute Gasteiger partial charge is 0.328 e. The summed E-state index contributed by atoms with van der Waals surface area (Å²) < 4.78 is 4.88. The molecule has 2 heterocycles. The fourth-order valence-corrected chi connectivity index (χ4v) is 3.18. The van der Waals surface area contributed by atoms with E-state index in [0.29, 0.717) is 23.6 Å². The highest BCUT2D eigenvalue weighted by molar-refractivity contribution is 6.30. The number of pyridine rings is 1. The van der Waals surface area contributed by atoms with Gasteiger partial charge in [0.05, 0.1) is 12.8 Å². The van der Waals surface area contributed by atoms with Crippen molar-refractivity contribution in [3.8, 4) is 0 Å². The van der Waals surface area contributed by atoms with Crippen molar-refractivity contribution in [2.75, 3.05) is 7.11 Å². The zero-order chi connectivity index (χ0) is 17.1. The second-order valence-corrected chi connectivity index (χ2v) is 6.02. The maximum absolute atomic E-state index is 12.5. The molecule has 1 aliphatic rings. The van der Waals surface area contributed by atoms with Crippen molar-refractivity contribution in [2.45, 2.75) is 24.9 Å². The number of esters is 1. The van der Waals surface area contributed by atoms with Crippen LogP contribution in [0.5, 0.6) is 0 Å². The summed E-state index contributed by atoms with van der Waals surface area (Å²) in [4.78, 5) is 30.6. The Morgan fingerprint density at radius 3 is 2.67 bits per heavy atom. The van der Waals surface area contributed by atoms with E-state index >= 15 is 0 Å². The van der Waals surface area contributed by atoms with Crippen LogP contribution < -0.4 is 0 Å². The van der Waals surface area contributed by atoms with E-state index in [4.69, 9.17) is 16.3 Å². The molecule has 0 N–H and O–H groups in total. The molecule has 6 heteroatoms. The van der Waals surface area contributed by atoms with Gasteiger partial charge in [0.2, 0.25) is 5.91 Å². The van der Waals surface area contributed by atoms with Crippen molar-refractivity contribution >= 4 is 23.5 Å². The maximum atomic E-state index is 12.5. The summed E-state index contributed by atoms with van der Waals surface area (Å²) in [5.41, 5.74) is 1.55. The lowest BCUT2D eigenvalue weighted by molar-refractivity contribution is -0.150. The van der Waals surface area contributed by atoms with Gasteiger partial charge >= 0.3 is 5.97 Å². The maximum Gasteiger partial charge on any atom is 0.328 e. The molecule has 0 radical (unpaired) electrons. The van der Waals surface area contributed by atoms with E-state index < -0.39 is 18.1 Å². The van der Waals surface area contributed by atoms with Gasteiger partial charge in [-0.2, -0.15) is 0 Å². The highest BCUT2D eigenvalue weighted by Gasteiger charge is 2.42. The topological polar surface area (TPSA) is 59.5 Å². The van der Waals surface area contributed by atoms with Gasteiger partial charge in [0.1, 0.15) is 12.1 Å². The number of hydrogen-bond acceptors (Lipinski definition) is 4. The van der Waals surface area contributed by atoms with Gasteiger partial charge in [-0.25, -0.2) is 4.79 Å². The molecule has 1 aromatic carbocycles. The molecule has 1 aliphatic heterocycles. The number of nitrogens with zero attached hydrogens (tertiary/aromatic N) is 2. The van der Waals surface area contributed by atoms with E-state index in [1.165, 1.54) is 7.11 Å². The minimum Gasteiger partial charge on any atom is -0.467 e. The van der Waals surface area contributed by atoms with Crippen LogP contribution in [0.2, 0.25) is 5.02 Å². The van der Waals surface area contributed by atoms with E-state index in [0.717, 1.165) is 5.56 Å². The average Bonchev–Trinajstić information content (AvgIpc) is 2.99. The van der Waals surface area contributed by atoms with Crippen molar-refractivity contribution in [1.82, 2.24) is 9.88 Å². The number of ether oxygens (including phenoxy) is 1. The van der Waals surface area contributed by atoms with Crippen LogP contribution in [0.1, 0.15) is 30.1 Å². The Morgan fingerprint density at radius 1 is 1.29 bits per heavy atom. The SMILES string of the molecule is COC(=O)C1CCC(=O)N1C(c1ccc(Cl)cc1)c1ccccn1. The number of amides is 1. The molecular weight excluding hydrogens is 328 g/mol. The molecular formula is C18H17ClN2O3. The van der Waals surface area contributed by atoms with Gasteiger partial charge in [-0.15, -0.1) is 0 Å². The zero-order valence-electron chi connectivity index (χ0n) is 13.2. The van der Waals surface area contributed by atoms with Crippen molar-refractivity contribution in [1.29, 1.82) is 0 Å². The van der Waals surface area contributed by atoms with Gasteiger partial charge < -0.3 is 9.64 Å². The third-order valence-electron chi connectivity index (χ3n) is 4.16.